The number of carbonyl (C=O) groups excluding carboxylic acids is 2. The molecular weight excluding hydrogens is 296 g/mol. The van der Waals surface area contributed by atoms with E-state index in [1.165, 1.54) is 0 Å². The van der Waals surface area contributed by atoms with Crippen molar-refractivity contribution in [2.45, 2.75) is 25.7 Å². The first-order valence-electron chi connectivity index (χ1n) is 7.89. The number of methoxy groups -OCH3 is 2. The summed E-state index contributed by atoms with van der Waals surface area (Å²) >= 11 is 0. The lowest BCUT2D eigenvalue weighted by Crippen LogP contribution is -2.38. The van der Waals surface area contributed by atoms with Crippen LogP contribution in [0.15, 0.2) is 18.2 Å². The molecule has 6 heteroatoms. The number of amides is 2. The predicted molar refractivity (Wildman–Crippen MR) is 86.7 cm³/mol. The van der Waals surface area contributed by atoms with Crippen molar-refractivity contribution < 1.29 is 19.1 Å². The first-order valence-corrected chi connectivity index (χ1v) is 7.89. The summed E-state index contributed by atoms with van der Waals surface area (Å²) in [5, 5.41) is 2.69. The molecule has 0 atom stereocenters. The van der Waals surface area contributed by atoms with Gasteiger partial charge in [-0.1, -0.05) is 0 Å². The van der Waals surface area contributed by atoms with Crippen molar-refractivity contribution in [3.05, 3.63) is 23.8 Å². The number of nitrogens with zero attached hydrogens (tertiary/aromatic N) is 1. The molecule has 0 aliphatic carbocycles. The fourth-order valence-corrected chi connectivity index (χ4v) is 2.61. The lowest BCUT2D eigenvalue weighted by molar-refractivity contribution is -0.132. The minimum Gasteiger partial charge on any atom is -0.497 e. The van der Waals surface area contributed by atoms with E-state index in [0.29, 0.717) is 24.3 Å². The summed E-state index contributed by atoms with van der Waals surface area (Å²) in [5.41, 5.74) is 0.960. The van der Waals surface area contributed by atoms with Crippen molar-refractivity contribution >= 4 is 11.8 Å². The van der Waals surface area contributed by atoms with Crippen LogP contribution in [0.3, 0.4) is 0 Å². The molecular formula is C17H24N2O4. The number of rotatable bonds is 7. The smallest absolute Gasteiger partial charge is 0.241 e. The Labute approximate surface area is 136 Å². The fourth-order valence-electron chi connectivity index (χ4n) is 2.61. The largest absolute Gasteiger partial charge is 0.497 e. The number of ether oxygens (including phenoxy) is 2. The normalized spacial score (nSPS) is 13.7. The van der Waals surface area contributed by atoms with E-state index in [4.69, 9.17) is 9.47 Å². The summed E-state index contributed by atoms with van der Waals surface area (Å²) in [5.74, 6) is 1.27. The maximum absolute atomic E-state index is 11.9. The average Bonchev–Trinajstić information content (AvgIpc) is 3.12. The number of hydrogen-bond donors (Lipinski definition) is 1. The molecule has 0 radical (unpaired) electrons. The fraction of sp³-hybridized carbons (Fsp3) is 0.529. The maximum Gasteiger partial charge on any atom is 0.241 e. The Balaban J connectivity index is 1.78. The monoisotopic (exact) mass is 320 g/mol. The molecule has 1 aromatic carbocycles. The van der Waals surface area contributed by atoms with Crippen LogP contribution in [0.2, 0.25) is 0 Å². The van der Waals surface area contributed by atoms with Gasteiger partial charge in [0.25, 0.3) is 0 Å². The molecule has 6 nitrogen and oxygen atoms in total. The molecule has 126 valence electrons. The van der Waals surface area contributed by atoms with E-state index in [0.717, 1.165) is 31.5 Å². The third kappa shape index (κ3) is 5.16. The molecule has 0 aromatic heterocycles. The highest BCUT2D eigenvalue weighted by Gasteiger charge is 2.18. The molecule has 0 bridgehead atoms. The van der Waals surface area contributed by atoms with E-state index in [1.54, 1.807) is 25.2 Å². The topological polar surface area (TPSA) is 67.9 Å². The summed E-state index contributed by atoms with van der Waals surface area (Å²) in [4.78, 5) is 25.6. The molecule has 1 N–H and O–H groups in total. The van der Waals surface area contributed by atoms with Crippen LogP contribution in [0.25, 0.3) is 0 Å². The van der Waals surface area contributed by atoms with E-state index < -0.39 is 0 Å². The summed E-state index contributed by atoms with van der Waals surface area (Å²) in [6.45, 7) is 1.69. The number of benzene rings is 1. The molecule has 1 saturated heterocycles. The predicted octanol–water partition coefficient (Wildman–Crippen LogP) is 1.37. The quantitative estimate of drug-likeness (QED) is 0.824. The second-order valence-corrected chi connectivity index (χ2v) is 5.59. The zero-order valence-electron chi connectivity index (χ0n) is 13.8. The summed E-state index contributed by atoms with van der Waals surface area (Å²) in [6, 6.07) is 5.55. The van der Waals surface area contributed by atoms with Crippen LogP contribution < -0.4 is 14.8 Å². The van der Waals surface area contributed by atoms with Crippen molar-refractivity contribution in [1.82, 2.24) is 10.2 Å². The number of nitrogens with one attached hydrogen (secondary N) is 1. The van der Waals surface area contributed by atoms with Gasteiger partial charge in [0, 0.05) is 25.6 Å². The maximum atomic E-state index is 11.9. The summed E-state index contributed by atoms with van der Waals surface area (Å²) < 4.78 is 10.4. The van der Waals surface area contributed by atoms with Gasteiger partial charge in [0.2, 0.25) is 11.8 Å². The average molecular weight is 320 g/mol. The van der Waals surface area contributed by atoms with Crippen molar-refractivity contribution in [2.24, 2.45) is 0 Å². The Morgan fingerprint density at radius 1 is 1.09 bits per heavy atom. The lowest BCUT2D eigenvalue weighted by Gasteiger charge is -2.15. The first kappa shape index (κ1) is 17.1. The number of likely N-dealkylation sites (tertiary alicyclic amines) is 1. The molecule has 1 heterocycles. The number of aryl methyl sites for hydroxylation is 1. The number of carbonyl (C=O) groups is 2. The van der Waals surface area contributed by atoms with Crippen LogP contribution in [0, 0.1) is 0 Å². The molecule has 1 aliphatic heterocycles. The highest BCUT2D eigenvalue weighted by molar-refractivity contribution is 5.84. The second-order valence-electron chi connectivity index (χ2n) is 5.59. The van der Waals surface area contributed by atoms with Crippen LogP contribution in [0.4, 0.5) is 0 Å². The molecule has 2 amide bonds. The molecule has 1 fully saturated rings. The Hall–Kier alpha value is -2.24. The molecule has 2 rings (SSSR count). The molecule has 23 heavy (non-hydrogen) atoms. The Bertz CT molecular complexity index is 531. The molecule has 0 saturated carbocycles. The van der Waals surface area contributed by atoms with Crippen LogP contribution in [-0.2, 0) is 16.0 Å². The van der Waals surface area contributed by atoms with Gasteiger partial charge in [-0.25, -0.2) is 0 Å². The second kappa shape index (κ2) is 8.41. The van der Waals surface area contributed by atoms with Crippen molar-refractivity contribution in [2.75, 3.05) is 33.9 Å². The molecule has 1 aliphatic rings. The standard InChI is InChI=1S/C17H24N2O4/c1-22-14-9-13(10-15(11-14)23-2)5-6-16(20)18-12-17(21)19-7-3-4-8-19/h9-11H,3-8,12H2,1-2H3,(H,18,20). The van der Waals surface area contributed by atoms with E-state index >= 15 is 0 Å². The van der Waals surface area contributed by atoms with E-state index in [9.17, 15) is 9.59 Å². The number of hydrogen-bond acceptors (Lipinski definition) is 4. The van der Waals surface area contributed by atoms with E-state index in [-0.39, 0.29) is 18.4 Å². The van der Waals surface area contributed by atoms with E-state index in [1.807, 2.05) is 12.1 Å². The van der Waals surface area contributed by atoms with Crippen molar-refractivity contribution in [3.8, 4) is 11.5 Å². The zero-order chi connectivity index (χ0) is 16.7. The van der Waals surface area contributed by atoms with Crippen molar-refractivity contribution in [3.63, 3.8) is 0 Å². The van der Waals surface area contributed by atoms with Gasteiger partial charge in [-0.15, -0.1) is 0 Å². The van der Waals surface area contributed by atoms with Gasteiger partial charge < -0.3 is 19.7 Å². The Morgan fingerprint density at radius 3 is 2.26 bits per heavy atom. The van der Waals surface area contributed by atoms with Gasteiger partial charge in [-0.05, 0) is 37.0 Å². The first-order chi connectivity index (χ1) is 11.1. The minimum absolute atomic E-state index is 0.00102. The van der Waals surface area contributed by atoms with Gasteiger partial charge in [0.05, 0.1) is 20.8 Å². The van der Waals surface area contributed by atoms with Crippen LogP contribution >= 0.6 is 0 Å². The third-order valence-corrected chi connectivity index (χ3v) is 3.95. The Morgan fingerprint density at radius 2 is 1.70 bits per heavy atom. The van der Waals surface area contributed by atoms with Gasteiger partial charge in [0.15, 0.2) is 0 Å². The highest BCUT2D eigenvalue weighted by atomic mass is 16.5. The summed E-state index contributed by atoms with van der Waals surface area (Å²) in [7, 11) is 3.18. The zero-order valence-corrected chi connectivity index (χ0v) is 13.8. The molecule has 0 unspecified atom stereocenters. The van der Waals surface area contributed by atoms with Gasteiger partial charge in [0.1, 0.15) is 11.5 Å². The lowest BCUT2D eigenvalue weighted by atomic mass is 10.1. The molecule has 1 aromatic rings. The van der Waals surface area contributed by atoms with Crippen LogP contribution in [0.5, 0.6) is 11.5 Å². The Kier molecular flexibility index (Phi) is 6.26. The summed E-state index contributed by atoms with van der Waals surface area (Å²) in [6.07, 6.45) is 3.00. The minimum atomic E-state index is -0.126. The van der Waals surface area contributed by atoms with Gasteiger partial charge in [-0.2, -0.15) is 0 Å². The van der Waals surface area contributed by atoms with E-state index in [2.05, 4.69) is 5.32 Å². The van der Waals surface area contributed by atoms with Crippen LogP contribution in [0.1, 0.15) is 24.8 Å². The van der Waals surface area contributed by atoms with Gasteiger partial charge in [-0.3, -0.25) is 9.59 Å². The molecule has 0 spiro atoms. The highest BCUT2D eigenvalue weighted by Crippen LogP contribution is 2.23. The SMILES string of the molecule is COc1cc(CCC(=O)NCC(=O)N2CCCC2)cc(OC)c1. The van der Waals surface area contributed by atoms with Crippen molar-refractivity contribution in [1.29, 1.82) is 0 Å². The third-order valence-electron chi connectivity index (χ3n) is 3.95. The van der Waals surface area contributed by atoms with Crippen LogP contribution in [-0.4, -0.2) is 50.6 Å². The van der Waals surface area contributed by atoms with Gasteiger partial charge >= 0.3 is 0 Å².